The number of sulfonamides is 1. The number of fused-ring (bicyclic) bond motifs is 1. The van der Waals surface area contributed by atoms with E-state index in [1.807, 2.05) is 19.9 Å². The Bertz CT molecular complexity index is 1170. The molecule has 0 radical (unpaired) electrons. The van der Waals surface area contributed by atoms with Crippen molar-refractivity contribution in [3.05, 3.63) is 71.0 Å². The average Bonchev–Trinajstić information content (AvgIpc) is 2.67. The lowest BCUT2D eigenvalue weighted by atomic mass is 10.0. The number of carbonyl (C=O) groups is 1. The highest BCUT2D eigenvalue weighted by Gasteiger charge is 2.27. The predicted molar refractivity (Wildman–Crippen MR) is 113 cm³/mol. The number of H-pyrrole nitrogens is 1. The van der Waals surface area contributed by atoms with E-state index < -0.39 is 22.0 Å². The van der Waals surface area contributed by atoms with Crippen LogP contribution in [0.2, 0.25) is 0 Å². The smallest absolute Gasteiger partial charge is 0.248 e. The SMILES string of the molecule is CC(C)CC(NS(=O)(=O)c1ccc2[nH]c(=O)ccc2c1)C(=O)Nc1ccccc1. The molecule has 0 saturated carbocycles. The maximum atomic E-state index is 12.9. The van der Waals surface area contributed by atoms with Gasteiger partial charge in [0, 0.05) is 17.3 Å². The molecule has 29 heavy (non-hydrogen) atoms. The minimum absolute atomic E-state index is 0.0262. The van der Waals surface area contributed by atoms with E-state index in [-0.39, 0.29) is 16.4 Å². The maximum Gasteiger partial charge on any atom is 0.248 e. The second-order valence-electron chi connectivity index (χ2n) is 7.23. The van der Waals surface area contributed by atoms with Crippen LogP contribution in [0.15, 0.2) is 70.4 Å². The van der Waals surface area contributed by atoms with Crippen LogP contribution in [0.1, 0.15) is 20.3 Å². The van der Waals surface area contributed by atoms with Gasteiger partial charge in [-0.15, -0.1) is 0 Å². The van der Waals surface area contributed by atoms with E-state index in [2.05, 4.69) is 15.0 Å². The van der Waals surface area contributed by atoms with E-state index in [4.69, 9.17) is 0 Å². The summed E-state index contributed by atoms with van der Waals surface area (Å²) in [7, 11) is -3.95. The second kappa shape index (κ2) is 8.59. The Hall–Kier alpha value is -2.97. The standard InChI is InChI=1S/C21H23N3O4S/c1-14(2)12-19(21(26)22-16-6-4-3-5-7-16)24-29(27,28)17-9-10-18-15(13-17)8-11-20(25)23-18/h3-11,13-14,19,24H,12H2,1-2H3,(H,22,26)(H,23,25). The molecular weight excluding hydrogens is 390 g/mol. The van der Waals surface area contributed by atoms with Gasteiger partial charge in [-0.1, -0.05) is 32.0 Å². The van der Waals surface area contributed by atoms with Crippen molar-refractivity contribution in [3.63, 3.8) is 0 Å². The summed E-state index contributed by atoms with van der Waals surface area (Å²) in [6.07, 6.45) is 0.346. The lowest BCUT2D eigenvalue weighted by Gasteiger charge is -2.20. The molecule has 7 nitrogen and oxygen atoms in total. The number of amides is 1. The number of aromatic amines is 1. The van der Waals surface area contributed by atoms with Crippen LogP contribution in [0.25, 0.3) is 10.9 Å². The van der Waals surface area contributed by atoms with Crippen molar-refractivity contribution in [3.8, 4) is 0 Å². The number of hydrogen-bond acceptors (Lipinski definition) is 4. The third kappa shape index (κ3) is 5.30. The number of anilines is 1. The Morgan fingerprint density at radius 2 is 1.76 bits per heavy atom. The summed E-state index contributed by atoms with van der Waals surface area (Å²) in [5, 5.41) is 3.34. The molecule has 1 atom stereocenters. The fourth-order valence-corrected chi connectivity index (χ4v) is 4.23. The van der Waals surface area contributed by atoms with Gasteiger partial charge in [0.1, 0.15) is 6.04 Å². The number of carbonyl (C=O) groups excluding carboxylic acids is 1. The van der Waals surface area contributed by atoms with Crippen molar-refractivity contribution in [1.82, 2.24) is 9.71 Å². The van der Waals surface area contributed by atoms with Gasteiger partial charge in [-0.25, -0.2) is 8.42 Å². The van der Waals surface area contributed by atoms with Gasteiger partial charge in [-0.05, 0) is 54.1 Å². The number of nitrogens with one attached hydrogen (secondary N) is 3. The zero-order valence-electron chi connectivity index (χ0n) is 16.2. The summed E-state index contributed by atoms with van der Waals surface area (Å²) in [4.78, 5) is 26.8. The van der Waals surface area contributed by atoms with E-state index in [1.165, 1.54) is 24.3 Å². The van der Waals surface area contributed by atoms with Crippen LogP contribution >= 0.6 is 0 Å². The van der Waals surface area contributed by atoms with Crippen LogP contribution in [0.4, 0.5) is 5.69 Å². The third-order valence-electron chi connectivity index (χ3n) is 4.37. The van der Waals surface area contributed by atoms with Gasteiger partial charge in [0.25, 0.3) is 0 Å². The van der Waals surface area contributed by atoms with Crippen molar-refractivity contribution in [2.75, 3.05) is 5.32 Å². The Balaban J connectivity index is 1.86. The maximum absolute atomic E-state index is 12.9. The van der Waals surface area contributed by atoms with Gasteiger partial charge < -0.3 is 10.3 Å². The number of aromatic nitrogens is 1. The first kappa shape index (κ1) is 20.8. The normalized spacial score (nSPS) is 12.8. The fourth-order valence-electron chi connectivity index (χ4n) is 2.99. The Kier molecular flexibility index (Phi) is 6.14. The van der Waals surface area contributed by atoms with E-state index in [1.54, 1.807) is 30.3 Å². The first-order valence-corrected chi connectivity index (χ1v) is 10.7. The van der Waals surface area contributed by atoms with Crippen LogP contribution in [-0.4, -0.2) is 25.4 Å². The molecule has 0 fully saturated rings. The van der Waals surface area contributed by atoms with Gasteiger partial charge in [0.05, 0.1) is 4.90 Å². The molecule has 1 aromatic heterocycles. The summed E-state index contributed by atoms with van der Waals surface area (Å²) in [6.45, 7) is 3.84. The summed E-state index contributed by atoms with van der Waals surface area (Å²) in [5.41, 5.74) is 0.873. The molecule has 152 valence electrons. The molecule has 0 saturated heterocycles. The van der Waals surface area contributed by atoms with Crippen molar-refractivity contribution >= 4 is 32.5 Å². The highest BCUT2D eigenvalue weighted by atomic mass is 32.2. The van der Waals surface area contributed by atoms with Gasteiger partial charge in [-0.2, -0.15) is 4.72 Å². The van der Waals surface area contributed by atoms with Crippen molar-refractivity contribution < 1.29 is 13.2 Å². The Morgan fingerprint density at radius 1 is 1.03 bits per heavy atom. The molecule has 0 bridgehead atoms. The molecule has 0 spiro atoms. The lowest BCUT2D eigenvalue weighted by Crippen LogP contribution is -2.44. The van der Waals surface area contributed by atoms with Gasteiger partial charge in [0.15, 0.2) is 0 Å². The van der Waals surface area contributed by atoms with Gasteiger partial charge in [-0.3, -0.25) is 9.59 Å². The molecular formula is C21H23N3O4S. The lowest BCUT2D eigenvalue weighted by molar-refractivity contribution is -0.118. The first-order valence-electron chi connectivity index (χ1n) is 9.26. The monoisotopic (exact) mass is 413 g/mol. The molecule has 1 amide bonds. The summed E-state index contributed by atoms with van der Waals surface area (Å²) in [5.74, 6) is -0.315. The van der Waals surface area contributed by atoms with Crippen LogP contribution < -0.4 is 15.6 Å². The Morgan fingerprint density at radius 3 is 2.45 bits per heavy atom. The van der Waals surface area contributed by atoms with E-state index in [0.717, 1.165) is 0 Å². The third-order valence-corrected chi connectivity index (χ3v) is 5.84. The zero-order valence-corrected chi connectivity index (χ0v) is 17.0. The highest BCUT2D eigenvalue weighted by molar-refractivity contribution is 7.89. The number of rotatable bonds is 7. The van der Waals surface area contributed by atoms with Crippen LogP contribution in [0.3, 0.4) is 0 Å². The minimum atomic E-state index is -3.95. The average molecular weight is 413 g/mol. The molecule has 0 aliphatic rings. The minimum Gasteiger partial charge on any atom is -0.325 e. The molecule has 0 aliphatic heterocycles. The molecule has 3 rings (SSSR count). The topological polar surface area (TPSA) is 108 Å². The highest BCUT2D eigenvalue weighted by Crippen LogP contribution is 2.18. The number of pyridine rings is 1. The second-order valence-corrected chi connectivity index (χ2v) is 8.94. The van der Waals surface area contributed by atoms with E-state index in [0.29, 0.717) is 23.0 Å². The fraction of sp³-hybridized carbons (Fsp3) is 0.238. The number of benzene rings is 2. The molecule has 2 aromatic carbocycles. The molecule has 3 aromatic rings. The summed E-state index contributed by atoms with van der Waals surface area (Å²) >= 11 is 0. The largest absolute Gasteiger partial charge is 0.325 e. The number of hydrogen-bond donors (Lipinski definition) is 3. The summed E-state index contributed by atoms with van der Waals surface area (Å²) in [6, 6.07) is 15.3. The van der Waals surface area contributed by atoms with Crippen molar-refractivity contribution in [2.24, 2.45) is 5.92 Å². The molecule has 1 heterocycles. The van der Waals surface area contributed by atoms with Gasteiger partial charge >= 0.3 is 0 Å². The Labute approximate surface area is 169 Å². The van der Waals surface area contributed by atoms with Crippen LogP contribution in [-0.2, 0) is 14.8 Å². The zero-order chi connectivity index (χ0) is 21.0. The quantitative estimate of drug-likeness (QED) is 0.553. The van der Waals surface area contributed by atoms with Gasteiger partial charge in [0.2, 0.25) is 21.5 Å². The summed E-state index contributed by atoms with van der Waals surface area (Å²) < 4.78 is 28.4. The van der Waals surface area contributed by atoms with Crippen molar-refractivity contribution in [2.45, 2.75) is 31.2 Å². The van der Waals surface area contributed by atoms with Crippen LogP contribution in [0.5, 0.6) is 0 Å². The number of para-hydroxylation sites is 1. The van der Waals surface area contributed by atoms with E-state index in [9.17, 15) is 18.0 Å². The molecule has 0 aliphatic carbocycles. The first-order chi connectivity index (χ1) is 13.7. The molecule has 8 heteroatoms. The van der Waals surface area contributed by atoms with E-state index >= 15 is 0 Å². The van der Waals surface area contributed by atoms with Crippen LogP contribution in [0, 0.1) is 5.92 Å². The predicted octanol–water partition coefficient (Wildman–Crippen LogP) is 2.86. The molecule has 1 unspecified atom stereocenters. The molecule has 3 N–H and O–H groups in total. The van der Waals surface area contributed by atoms with Crippen molar-refractivity contribution in [1.29, 1.82) is 0 Å².